The lowest BCUT2D eigenvalue weighted by atomic mass is 10.2. The number of nitrogens with one attached hydrogen (secondary N) is 2. The fraction of sp³-hybridized carbons (Fsp3) is 0.500. The van der Waals surface area contributed by atoms with E-state index in [2.05, 4.69) is 15.6 Å². The monoisotopic (exact) mass is 308 g/mol. The lowest BCUT2D eigenvalue weighted by molar-refractivity contribution is 0.0953. The van der Waals surface area contributed by atoms with Crippen molar-refractivity contribution in [1.82, 2.24) is 15.6 Å². The summed E-state index contributed by atoms with van der Waals surface area (Å²) < 4.78 is 0. The van der Waals surface area contributed by atoms with E-state index in [1.54, 1.807) is 12.3 Å². The van der Waals surface area contributed by atoms with Crippen molar-refractivity contribution in [3.63, 3.8) is 0 Å². The Morgan fingerprint density at radius 2 is 1.95 bits per heavy atom. The van der Waals surface area contributed by atoms with Gasteiger partial charge in [0.1, 0.15) is 5.82 Å². The van der Waals surface area contributed by atoms with Crippen LogP contribution in [0.25, 0.3) is 0 Å². The molecule has 110 valence electrons. The molecule has 0 radical (unpaired) electrons. The number of hydrogen-bond donors (Lipinski definition) is 2. The summed E-state index contributed by atoms with van der Waals surface area (Å²) in [6.07, 6.45) is 2.52. The Hall–Kier alpha value is -1.04. The molecular formula is C12H22Cl2N4O. The fourth-order valence-corrected chi connectivity index (χ4v) is 1.35. The maximum Gasteiger partial charge on any atom is 0.252 e. The molecule has 7 heteroatoms. The van der Waals surface area contributed by atoms with Crippen LogP contribution < -0.4 is 15.5 Å². The molecule has 0 aliphatic carbocycles. The van der Waals surface area contributed by atoms with Crippen molar-refractivity contribution < 1.29 is 4.79 Å². The first-order chi connectivity index (χ1) is 8.15. The van der Waals surface area contributed by atoms with Crippen LogP contribution in [0.5, 0.6) is 0 Å². The van der Waals surface area contributed by atoms with Crippen LogP contribution in [0.1, 0.15) is 16.8 Å². The highest BCUT2D eigenvalue weighted by Gasteiger charge is 2.05. The fourth-order valence-electron chi connectivity index (χ4n) is 1.35. The van der Waals surface area contributed by atoms with Gasteiger partial charge in [-0.3, -0.25) is 4.79 Å². The average molecular weight is 309 g/mol. The first kappa shape index (κ1) is 20.3. The van der Waals surface area contributed by atoms with E-state index in [1.165, 1.54) is 0 Å². The molecule has 0 saturated carbocycles. The largest absolute Gasteiger partial charge is 0.363 e. The van der Waals surface area contributed by atoms with Crippen LogP contribution in [0.15, 0.2) is 18.3 Å². The molecule has 0 bridgehead atoms. The molecule has 0 fully saturated rings. The maximum atomic E-state index is 11.7. The number of carbonyl (C=O) groups is 1. The summed E-state index contributed by atoms with van der Waals surface area (Å²) in [7, 11) is 5.73. The summed E-state index contributed by atoms with van der Waals surface area (Å²) >= 11 is 0. The molecule has 0 atom stereocenters. The maximum absolute atomic E-state index is 11.7. The van der Waals surface area contributed by atoms with Gasteiger partial charge in [0, 0.05) is 26.8 Å². The predicted molar refractivity (Wildman–Crippen MR) is 83.9 cm³/mol. The second-order valence-electron chi connectivity index (χ2n) is 4.01. The van der Waals surface area contributed by atoms with Crippen LogP contribution in [0.2, 0.25) is 0 Å². The Kier molecular flexibility index (Phi) is 11.6. The molecule has 0 aliphatic heterocycles. The number of carbonyl (C=O) groups excluding carboxylic acids is 1. The van der Waals surface area contributed by atoms with Gasteiger partial charge < -0.3 is 15.5 Å². The Morgan fingerprint density at radius 1 is 1.26 bits per heavy atom. The van der Waals surface area contributed by atoms with E-state index in [0.29, 0.717) is 12.1 Å². The lowest BCUT2D eigenvalue weighted by Crippen LogP contribution is -2.26. The van der Waals surface area contributed by atoms with Crippen LogP contribution in [0.3, 0.4) is 0 Å². The van der Waals surface area contributed by atoms with E-state index < -0.39 is 0 Å². The van der Waals surface area contributed by atoms with Crippen molar-refractivity contribution in [3.8, 4) is 0 Å². The molecule has 0 aromatic carbocycles. The summed E-state index contributed by atoms with van der Waals surface area (Å²) in [5.41, 5.74) is 0.597. The summed E-state index contributed by atoms with van der Waals surface area (Å²) in [6.45, 7) is 1.58. The van der Waals surface area contributed by atoms with E-state index in [-0.39, 0.29) is 30.7 Å². The number of pyridine rings is 1. The molecule has 1 amide bonds. The molecule has 1 aromatic rings. The zero-order chi connectivity index (χ0) is 12.7. The summed E-state index contributed by atoms with van der Waals surface area (Å²) in [5, 5.41) is 5.88. The number of hydrogen-bond acceptors (Lipinski definition) is 4. The van der Waals surface area contributed by atoms with Crippen molar-refractivity contribution in [2.75, 3.05) is 39.1 Å². The first-order valence-corrected chi connectivity index (χ1v) is 5.71. The van der Waals surface area contributed by atoms with Crippen LogP contribution in [-0.2, 0) is 0 Å². The van der Waals surface area contributed by atoms with Crippen LogP contribution >= 0.6 is 24.8 Å². The molecule has 1 aromatic heterocycles. The number of nitrogens with zero attached hydrogens (tertiary/aromatic N) is 2. The van der Waals surface area contributed by atoms with E-state index in [4.69, 9.17) is 0 Å². The van der Waals surface area contributed by atoms with E-state index >= 15 is 0 Å². The highest BCUT2D eigenvalue weighted by atomic mass is 35.5. The Morgan fingerprint density at radius 3 is 2.42 bits per heavy atom. The standard InChI is InChI=1S/C12H20N4O.2ClH/c1-13-7-4-8-14-12(17)10-5-6-11(15-9-10)16(2)3;;/h5-6,9,13H,4,7-8H2,1-3H3,(H,14,17);2*1H. The molecule has 5 nitrogen and oxygen atoms in total. The number of halogens is 2. The molecular weight excluding hydrogens is 287 g/mol. The molecule has 1 rings (SSSR count). The Balaban J connectivity index is 0. The Bertz CT molecular complexity index is 357. The van der Waals surface area contributed by atoms with Gasteiger partial charge in [0.15, 0.2) is 0 Å². The van der Waals surface area contributed by atoms with Gasteiger partial charge in [-0.2, -0.15) is 0 Å². The van der Waals surface area contributed by atoms with E-state index in [9.17, 15) is 4.79 Å². The molecule has 1 heterocycles. The van der Waals surface area contributed by atoms with Gasteiger partial charge in [0.2, 0.25) is 0 Å². The summed E-state index contributed by atoms with van der Waals surface area (Å²) in [5.74, 6) is 0.774. The molecule has 0 saturated heterocycles. The van der Waals surface area contributed by atoms with Crippen molar-refractivity contribution >= 4 is 36.5 Å². The van der Waals surface area contributed by atoms with Gasteiger partial charge in [-0.25, -0.2) is 4.98 Å². The van der Waals surface area contributed by atoms with Gasteiger partial charge in [-0.15, -0.1) is 24.8 Å². The van der Waals surface area contributed by atoms with Gasteiger partial charge in [0.05, 0.1) is 5.56 Å². The van der Waals surface area contributed by atoms with Gasteiger partial charge in [0.25, 0.3) is 5.91 Å². The van der Waals surface area contributed by atoms with E-state index in [0.717, 1.165) is 18.8 Å². The third kappa shape index (κ3) is 7.20. The molecule has 19 heavy (non-hydrogen) atoms. The third-order valence-corrected chi connectivity index (χ3v) is 2.36. The number of anilines is 1. The minimum atomic E-state index is -0.0705. The smallest absolute Gasteiger partial charge is 0.252 e. The molecule has 0 spiro atoms. The topological polar surface area (TPSA) is 57.3 Å². The third-order valence-electron chi connectivity index (χ3n) is 2.36. The average Bonchev–Trinajstić information content (AvgIpc) is 2.34. The highest BCUT2D eigenvalue weighted by molar-refractivity contribution is 5.94. The lowest BCUT2D eigenvalue weighted by Gasteiger charge is -2.11. The molecule has 0 aliphatic rings. The normalized spacial score (nSPS) is 9.00. The first-order valence-electron chi connectivity index (χ1n) is 5.71. The predicted octanol–water partition coefficient (Wildman–Crippen LogP) is 1.33. The quantitative estimate of drug-likeness (QED) is 0.779. The molecule has 0 unspecified atom stereocenters. The van der Waals surface area contributed by atoms with Crippen molar-refractivity contribution in [2.24, 2.45) is 0 Å². The number of rotatable bonds is 6. The van der Waals surface area contributed by atoms with Crippen molar-refractivity contribution in [3.05, 3.63) is 23.9 Å². The summed E-state index contributed by atoms with van der Waals surface area (Å²) in [6, 6.07) is 3.62. The zero-order valence-electron chi connectivity index (χ0n) is 11.5. The van der Waals surface area contributed by atoms with Crippen LogP contribution in [0.4, 0.5) is 5.82 Å². The van der Waals surface area contributed by atoms with Gasteiger partial charge >= 0.3 is 0 Å². The van der Waals surface area contributed by atoms with Crippen molar-refractivity contribution in [2.45, 2.75) is 6.42 Å². The zero-order valence-corrected chi connectivity index (χ0v) is 13.1. The van der Waals surface area contributed by atoms with Crippen LogP contribution in [-0.4, -0.2) is 45.1 Å². The summed E-state index contributed by atoms with van der Waals surface area (Å²) in [4.78, 5) is 17.8. The van der Waals surface area contributed by atoms with Crippen molar-refractivity contribution in [1.29, 1.82) is 0 Å². The van der Waals surface area contributed by atoms with Gasteiger partial charge in [-0.1, -0.05) is 0 Å². The van der Waals surface area contributed by atoms with E-state index in [1.807, 2.05) is 32.1 Å². The highest BCUT2D eigenvalue weighted by Crippen LogP contribution is 2.07. The Labute approximate surface area is 127 Å². The minimum Gasteiger partial charge on any atom is -0.363 e. The van der Waals surface area contributed by atoms with Gasteiger partial charge in [-0.05, 0) is 32.1 Å². The second-order valence-corrected chi connectivity index (χ2v) is 4.01. The minimum absolute atomic E-state index is 0. The number of amides is 1. The molecule has 2 N–H and O–H groups in total. The second kappa shape index (κ2) is 10.8. The SMILES string of the molecule is CNCCCNC(=O)c1ccc(N(C)C)nc1.Cl.Cl. The number of aromatic nitrogens is 1. The van der Waals surface area contributed by atoms with Crippen LogP contribution in [0, 0.1) is 0 Å².